The summed E-state index contributed by atoms with van der Waals surface area (Å²) < 4.78 is 5.05. The Labute approximate surface area is 129 Å². The Morgan fingerprint density at radius 1 is 1.36 bits per heavy atom. The highest BCUT2D eigenvalue weighted by molar-refractivity contribution is 5.86. The number of carboxylic acids is 1. The van der Waals surface area contributed by atoms with Gasteiger partial charge in [-0.2, -0.15) is 4.98 Å². The van der Waals surface area contributed by atoms with Crippen LogP contribution in [0.3, 0.4) is 0 Å². The van der Waals surface area contributed by atoms with Gasteiger partial charge >= 0.3 is 5.97 Å². The number of carbonyl (C=O) groups is 1. The quantitative estimate of drug-likeness (QED) is 0.793. The van der Waals surface area contributed by atoms with Gasteiger partial charge in [0.25, 0.3) is 0 Å². The van der Waals surface area contributed by atoms with Crippen LogP contribution >= 0.6 is 0 Å². The van der Waals surface area contributed by atoms with Crippen LogP contribution < -0.4 is 0 Å². The Morgan fingerprint density at radius 3 is 2.64 bits per heavy atom. The van der Waals surface area contributed by atoms with E-state index >= 15 is 0 Å². The Bertz CT molecular complexity index is 659. The van der Waals surface area contributed by atoms with E-state index in [-0.39, 0.29) is 17.9 Å². The van der Waals surface area contributed by atoms with Crippen LogP contribution in [-0.4, -0.2) is 21.2 Å². The molecule has 0 spiro atoms. The first kappa shape index (κ1) is 15.9. The topological polar surface area (TPSA) is 76.2 Å². The molecule has 0 saturated carbocycles. The van der Waals surface area contributed by atoms with Gasteiger partial charge in [-0.15, -0.1) is 0 Å². The number of carboxylic acid groups (broad SMARTS) is 1. The third kappa shape index (κ3) is 4.04. The second-order valence-electron chi connectivity index (χ2n) is 5.42. The van der Waals surface area contributed by atoms with Crippen LogP contribution in [0.4, 0.5) is 0 Å². The van der Waals surface area contributed by atoms with E-state index in [9.17, 15) is 4.79 Å². The van der Waals surface area contributed by atoms with Gasteiger partial charge in [0.1, 0.15) is 0 Å². The zero-order valence-corrected chi connectivity index (χ0v) is 12.9. The molecular weight excluding hydrogens is 280 g/mol. The largest absolute Gasteiger partial charge is 0.478 e. The average Bonchev–Trinajstić information content (AvgIpc) is 2.94. The van der Waals surface area contributed by atoms with Gasteiger partial charge in [0.15, 0.2) is 5.82 Å². The van der Waals surface area contributed by atoms with Gasteiger partial charge in [-0.1, -0.05) is 49.8 Å². The number of aromatic nitrogens is 2. The Morgan fingerprint density at radius 2 is 2.05 bits per heavy atom. The second-order valence-corrected chi connectivity index (χ2v) is 5.42. The van der Waals surface area contributed by atoms with E-state index in [2.05, 4.69) is 54.8 Å². The van der Waals surface area contributed by atoms with Crippen molar-refractivity contribution in [1.82, 2.24) is 10.1 Å². The fraction of sp³-hybridized carbons (Fsp3) is 0.353. The lowest BCUT2D eigenvalue weighted by Gasteiger charge is -2.09. The summed E-state index contributed by atoms with van der Waals surface area (Å²) in [5.74, 6) is 0.316. The van der Waals surface area contributed by atoms with Gasteiger partial charge < -0.3 is 9.63 Å². The zero-order chi connectivity index (χ0) is 16.1. The minimum absolute atomic E-state index is 0.0353. The molecule has 5 heteroatoms. The molecule has 0 bridgehead atoms. The fourth-order valence-corrected chi connectivity index (χ4v) is 2.07. The van der Waals surface area contributed by atoms with E-state index in [4.69, 9.17) is 9.63 Å². The molecule has 1 N–H and O–H groups in total. The minimum atomic E-state index is -1.06. The van der Waals surface area contributed by atoms with Gasteiger partial charge in [-0.05, 0) is 23.5 Å². The van der Waals surface area contributed by atoms with Gasteiger partial charge in [0, 0.05) is 12.0 Å². The van der Waals surface area contributed by atoms with Crippen molar-refractivity contribution < 1.29 is 14.4 Å². The maximum atomic E-state index is 10.7. The van der Waals surface area contributed by atoms with E-state index in [1.54, 1.807) is 0 Å². The smallest absolute Gasteiger partial charge is 0.331 e. The molecule has 5 nitrogen and oxygen atoms in total. The molecule has 1 aromatic heterocycles. The van der Waals surface area contributed by atoms with Crippen molar-refractivity contribution in [1.29, 1.82) is 0 Å². The summed E-state index contributed by atoms with van der Waals surface area (Å²) in [7, 11) is 0. The fourth-order valence-electron chi connectivity index (χ4n) is 2.07. The highest BCUT2D eigenvalue weighted by Crippen LogP contribution is 2.19. The first-order valence-corrected chi connectivity index (χ1v) is 7.31. The number of hydrogen-bond donors (Lipinski definition) is 1. The van der Waals surface area contributed by atoms with Gasteiger partial charge in [0.2, 0.25) is 5.89 Å². The van der Waals surface area contributed by atoms with E-state index in [0.29, 0.717) is 18.2 Å². The summed E-state index contributed by atoms with van der Waals surface area (Å²) in [6, 6.07) is 8.37. The maximum absolute atomic E-state index is 10.7. The lowest BCUT2D eigenvalue weighted by atomic mass is 9.97. The molecule has 22 heavy (non-hydrogen) atoms. The Hall–Kier alpha value is -2.43. The molecule has 0 saturated heterocycles. The third-order valence-corrected chi connectivity index (χ3v) is 3.70. The molecule has 1 unspecified atom stereocenters. The van der Waals surface area contributed by atoms with Crippen LogP contribution in [0.5, 0.6) is 0 Å². The van der Waals surface area contributed by atoms with Crippen LogP contribution in [0, 0.1) is 0 Å². The van der Waals surface area contributed by atoms with Gasteiger partial charge in [-0.3, -0.25) is 0 Å². The van der Waals surface area contributed by atoms with Crippen LogP contribution in [0.2, 0.25) is 0 Å². The standard InChI is InChI=1S/C17H20N2O3/c1-4-11(2)14-7-5-13(6-8-14)10-15-18-16(22-19-15)9-12(3)17(20)21/h5-8,11H,3-4,9-10H2,1-2H3,(H,20,21). The van der Waals surface area contributed by atoms with Crippen LogP contribution in [0.15, 0.2) is 40.9 Å². The van der Waals surface area contributed by atoms with E-state index in [1.165, 1.54) is 5.56 Å². The van der Waals surface area contributed by atoms with Crippen LogP contribution in [0.1, 0.15) is 49.0 Å². The van der Waals surface area contributed by atoms with Crippen molar-refractivity contribution in [3.63, 3.8) is 0 Å². The summed E-state index contributed by atoms with van der Waals surface area (Å²) >= 11 is 0. The molecular formula is C17H20N2O3. The molecule has 1 atom stereocenters. The molecule has 2 rings (SSSR count). The van der Waals surface area contributed by atoms with E-state index in [1.807, 2.05) is 0 Å². The normalized spacial score (nSPS) is 12.1. The maximum Gasteiger partial charge on any atom is 0.331 e. The lowest BCUT2D eigenvalue weighted by molar-refractivity contribution is -0.132. The first-order chi connectivity index (χ1) is 10.5. The molecule has 0 amide bonds. The monoisotopic (exact) mass is 300 g/mol. The highest BCUT2D eigenvalue weighted by atomic mass is 16.5. The van der Waals surface area contributed by atoms with E-state index < -0.39 is 5.97 Å². The zero-order valence-electron chi connectivity index (χ0n) is 12.9. The molecule has 0 aliphatic rings. The molecule has 0 fully saturated rings. The van der Waals surface area contributed by atoms with Crippen molar-refractivity contribution in [2.75, 3.05) is 0 Å². The molecule has 1 heterocycles. The Kier molecular flexibility index (Phi) is 5.09. The average molecular weight is 300 g/mol. The van der Waals surface area contributed by atoms with Crippen molar-refractivity contribution in [2.45, 2.75) is 39.0 Å². The molecule has 0 aliphatic heterocycles. The summed E-state index contributed by atoms with van der Waals surface area (Å²) in [6.07, 6.45) is 1.74. The third-order valence-electron chi connectivity index (χ3n) is 3.70. The van der Waals surface area contributed by atoms with Crippen molar-refractivity contribution in [3.8, 4) is 0 Å². The SMILES string of the molecule is C=C(Cc1nc(Cc2ccc(C(C)CC)cc2)no1)C(=O)O. The predicted molar refractivity (Wildman–Crippen MR) is 82.7 cm³/mol. The number of hydrogen-bond acceptors (Lipinski definition) is 4. The highest BCUT2D eigenvalue weighted by Gasteiger charge is 2.12. The summed E-state index contributed by atoms with van der Waals surface area (Å²) in [5.41, 5.74) is 2.45. The molecule has 1 aromatic carbocycles. The van der Waals surface area contributed by atoms with Crippen molar-refractivity contribution in [2.24, 2.45) is 0 Å². The number of rotatable bonds is 7. The summed E-state index contributed by atoms with van der Waals surface area (Å²) in [6.45, 7) is 7.82. The second kappa shape index (κ2) is 7.02. The van der Waals surface area contributed by atoms with Crippen molar-refractivity contribution in [3.05, 3.63) is 59.3 Å². The van der Waals surface area contributed by atoms with Gasteiger partial charge in [-0.25, -0.2) is 4.79 Å². The minimum Gasteiger partial charge on any atom is -0.478 e. The molecule has 0 radical (unpaired) electrons. The van der Waals surface area contributed by atoms with E-state index in [0.717, 1.165) is 12.0 Å². The molecule has 2 aromatic rings. The van der Waals surface area contributed by atoms with Crippen LogP contribution in [0.25, 0.3) is 0 Å². The van der Waals surface area contributed by atoms with Crippen molar-refractivity contribution >= 4 is 5.97 Å². The number of aliphatic carboxylic acids is 1. The summed E-state index contributed by atoms with van der Waals surface area (Å²) in [4.78, 5) is 14.9. The lowest BCUT2D eigenvalue weighted by Crippen LogP contribution is -2.02. The number of nitrogens with zero attached hydrogens (tertiary/aromatic N) is 2. The molecule has 116 valence electrons. The first-order valence-electron chi connectivity index (χ1n) is 7.31. The Balaban J connectivity index is 2.01. The molecule has 0 aliphatic carbocycles. The summed E-state index contributed by atoms with van der Waals surface area (Å²) in [5, 5.41) is 12.7. The van der Waals surface area contributed by atoms with Gasteiger partial charge in [0.05, 0.1) is 6.42 Å². The van der Waals surface area contributed by atoms with Crippen LogP contribution in [-0.2, 0) is 17.6 Å². The number of benzene rings is 1. The predicted octanol–water partition coefficient (Wildman–Crippen LogP) is 3.36.